The Morgan fingerprint density at radius 1 is 0.357 bits per heavy atom. The maximum Gasteiger partial charge on any atom is 0.227 e. The lowest BCUT2D eigenvalue weighted by Gasteiger charge is -2.29. The van der Waals surface area contributed by atoms with E-state index in [4.69, 9.17) is 9.40 Å². The van der Waals surface area contributed by atoms with Crippen LogP contribution in [0.3, 0.4) is 0 Å². The third-order valence-corrected chi connectivity index (χ3v) is 11.1. The van der Waals surface area contributed by atoms with Gasteiger partial charge in [0.25, 0.3) is 0 Å². The molecule has 0 unspecified atom stereocenters. The SMILES string of the molecule is c1ccc(-c2nc3ccc4c5ccccc5c(N(c5ccc(-c6cc7ccccc7c7ccccc67)cc5)c5ccccc5-c5ccccc5)cc4c3o2)cc1. The molecule has 0 saturated carbocycles. The second-order valence-electron chi connectivity index (χ2n) is 14.3. The highest BCUT2D eigenvalue weighted by Crippen LogP contribution is 2.47. The monoisotopic (exact) mass is 714 g/mol. The molecule has 0 radical (unpaired) electrons. The minimum absolute atomic E-state index is 0.617. The molecule has 0 saturated heterocycles. The number of anilines is 3. The summed E-state index contributed by atoms with van der Waals surface area (Å²) in [5.74, 6) is 0.617. The smallest absolute Gasteiger partial charge is 0.227 e. The first-order valence-electron chi connectivity index (χ1n) is 19.0. The summed E-state index contributed by atoms with van der Waals surface area (Å²) in [5.41, 5.74) is 10.5. The lowest BCUT2D eigenvalue weighted by atomic mass is 9.93. The number of hydrogen-bond acceptors (Lipinski definition) is 3. The third-order valence-electron chi connectivity index (χ3n) is 11.1. The van der Waals surface area contributed by atoms with Crippen LogP contribution >= 0.6 is 0 Å². The minimum Gasteiger partial charge on any atom is -0.435 e. The number of rotatable bonds is 6. The zero-order valence-corrected chi connectivity index (χ0v) is 30.4. The quantitative estimate of drug-likeness (QED) is 0.161. The van der Waals surface area contributed by atoms with Gasteiger partial charge in [-0.1, -0.05) is 158 Å². The van der Waals surface area contributed by atoms with Crippen molar-refractivity contribution in [2.75, 3.05) is 4.90 Å². The largest absolute Gasteiger partial charge is 0.435 e. The van der Waals surface area contributed by atoms with Crippen LogP contribution in [0, 0.1) is 0 Å². The highest BCUT2D eigenvalue weighted by Gasteiger charge is 2.22. The van der Waals surface area contributed by atoms with Gasteiger partial charge in [-0.25, -0.2) is 4.98 Å². The maximum atomic E-state index is 6.66. The summed E-state index contributed by atoms with van der Waals surface area (Å²) in [4.78, 5) is 7.37. The number of aromatic nitrogens is 1. The Morgan fingerprint density at radius 3 is 1.70 bits per heavy atom. The fourth-order valence-electron chi connectivity index (χ4n) is 8.46. The van der Waals surface area contributed by atoms with Crippen LogP contribution in [0.25, 0.3) is 87.9 Å². The molecule has 0 aliphatic rings. The van der Waals surface area contributed by atoms with E-state index in [0.717, 1.165) is 66.4 Å². The van der Waals surface area contributed by atoms with E-state index in [-0.39, 0.29) is 0 Å². The second kappa shape index (κ2) is 13.1. The van der Waals surface area contributed by atoms with Crippen LogP contribution in [0.2, 0.25) is 0 Å². The summed E-state index contributed by atoms with van der Waals surface area (Å²) in [5, 5.41) is 9.47. The Hall–Kier alpha value is -7.49. The Kier molecular flexibility index (Phi) is 7.49. The molecule has 11 rings (SSSR count). The number of oxazole rings is 1. The van der Waals surface area contributed by atoms with E-state index in [1.807, 2.05) is 30.3 Å². The van der Waals surface area contributed by atoms with E-state index in [1.54, 1.807) is 0 Å². The number of benzene rings is 10. The fourth-order valence-corrected chi connectivity index (χ4v) is 8.46. The Bertz CT molecular complexity index is 3240. The zero-order chi connectivity index (χ0) is 37.0. The minimum atomic E-state index is 0.617. The van der Waals surface area contributed by atoms with Crippen LogP contribution in [0.5, 0.6) is 0 Å². The summed E-state index contributed by atoms with van der Waals surface area (Å²) < 4.78 is 6.66. The van der Waals surface area contributed by atoms with E-state index in [9.17, 15) is 0 Å². The van der Waals surface area contributed by atoms with Crippen molar-refractivity contribution in [2.45, 2.75) is 0 Å². The highest BCUT2D eigenvalue weighted by atomic mass is 16.3. The van der Waals surface area contributed by atoms with Crippen LogP contribution in [0.4, 0.5) is 17.1 Å². The van der Waals surface area contributed by atoms with Crippen LogP contribution in [-0.2, 0) is 0 Å². The molecular formula is C53H34N2O. The van der Waals surface area contributed by atoms with Crippen molar-refractivity contribution in [3.05, 3.63) is 206 Å². The van der Waals surface area contributed by atoms with Crippen molar-refractivity contribution in [1.29, 1.82) is 0 Å². The number of nitrogens with zero attached hydrogens (tertiary/aromatic N) is 2. The Balaban J connectivity index is 1.16. The fraction of sp³-hybridized carbons (Fsp3) is 0. The van der Waals surface area contributed by atoms with Crippen LogP contribution in [0.1, 0.15) is 0 Å². The lowest BCUT2D eigenvalue weighted by Crippen LogP contribution is -2.12. The van der Waals surface area contributed by atoms with Crippen molar-refractivity contribution in [3.63, 3.8) is 0 Å². The molecule has 11 aromatic rings. The summed E-state index contributed by atoms with van der Waals surface area (Å²) in [7, 11) is 0. The molecule has 0 bridgehead atoms. The standard InChI is InChI=1S/C53H34N2O/c1-3-15-35(16-4-1)41-21-13-14-26-50(41)55(39-29-27-36(28-30-39)47-33-38-19-7-8-20-40(38)42-22-9-10-24-44(42)47)51-34-48-45(43-23-11-12-25-46(43)51)31-32-49-52(48)56-53(54-49)37-17-5-2-6-18-37/h1-34H. The van der Waals surface area contributed by atoms with Crippen molar-refractivity contribution < 1.29 is 4.42 Å². The molecule has 0 N–H and O–H groups in total. The molecule has 0 fully saturated rings. The van der Waals surface area contributed by atoms with Gasteiger partial charge in [0, 0.05) is 27.6 Å². The number of fused-ring (bicyclic) bond motifs is 8. The van der Waals surface area contributed by atoms with Gasteiger partial charge in [0.1, 0.15) is 5.52 Å². The zero-order valence-electron chi connectivity index (χ0n) is 30.4. The van der Waals surface area contributed by atoms with Gasteiger partial charge in [-0.15, -0.1) is 0 Å². The third kappa shape index (κ3) is 5.25. The molecule has 56 heavy (non-hydrogen) atoms. The van der Waals surface area contributed by atoms with Gasteiger partial charge >= 0.3 is 0 Å². The van der Waals surface area contributed by atoms with Gasteiger partial charge in [0.15, 0.2) is 5.58 Å². The Morgan fingerprint density at radius 2 is 0.929 bits per heavy atom. The molecule has 262 valence electrons. The van der Waals surface area contributed by atoms with Gasteiger partial charge in [-0.2, -0.15) is 0 Å². The second-order valence-corrected chi connectivity index (χ2v) is 14.3. The molecule has 0 aliphatic heterocycles. The molecule has 0 aliphatic carbocycles. The van der Waals surface area contributed by atoms with E-state index in [2.05, 4.69) is 181 Å². The van der Waals surface area contributed by atoms with E-state index < -0.39 is 0 Å². The van der Waals surface area contributed by atoms with E-state index >= 15 is 0 Å². The lowest BCUT2D eigenvalue weighted by molar-refractivity contribution is 0.623. The molecule has 0 spiro atoms. The summed E-state index contributed by atoms with van der Waals surface area (Å²) in [6.07, 6.45) is 0. The molecule has 1 heterocycles. The highest BCUT2D eigenvalue weighted by molar-refractivity contribution is 6.20. The van der Waals surface area contributed by atoms with Crippen LogP contribution in [0.15, 0.2) is 211 Å². The average molecular weight is 715 g/mol. The first-order valence-corrected chi connectivity index (χ1v) is 19.0. The predicted octanol–water partition coefficient (Wildman–Crippen LogP) is 14.9. The summed E-state index contributed by atoms with van der Waals surface area (Å²) in [6.45, 7) is 0. The van der Waals surface area contributed by atoms with Gasteiger partial charge in [-0.05, 0) is 97.5 Å². The first kappa shape index (κ1) is 32.0. The topological polar surface area (TPSA) is 29.3 Å². The van der Waals surface area contributed by atoms with Crippen molar-refractivity contribution in [3.8, 4) is 33.7 Å². The van der Waals surface area contributed by atoms with Crippen LogP contribution < -0.4 is 4.90 Å². The van der Waals surface area contributed by atoms with Gasteiger partial charge < -0.3 is 9.32 Å². The van der Waals surface area contributed by atoms with Gasteiger partial charge in [0.2, 0.25) is 5.89 Å². The predicted molar refractivity (Wildman–Crippen MR) is 235 cm³/mol. The van der Waals surface area contributed by atoms with E-state index in [1.165, 1.54) is 32.7 Å². The molecule has 0 atom stereocenters. The van der Waals surface area contributed by atoms with E-state index in [0.29, 0.717) is 5.89 Å². The van der Waals surface area contributed by atoms with Crippen molar-refractivity contribution >= 4 is 71.3 Å². The molecule has 0 amide bonds. The normalized spacial score (nSPS) is 11.6. The van der Waals surface area contributed by atoms with Gasteiger partial charge in [-0.3, -0.25) is 0 Å². The maximum absolute atomic E-state index is 6.66. The van der Waals surface area contributed by atoms with Crippen LogP contribution in [-0.4, -0.2) is 4.98 Å². The summed E-state index contributed by atoms with van der Waals surface area (Å²) >= 11 is 0. The molecule has 3 heteroatoms. The molecule has 10 aromatic carbocycles. The molecule has 1 aromatic heterocycles. The van der Waals surface area contributed by atoms with Crippen molar-refractivity contribution in [1.82, 2.24) is 4.98 Å². The Labute approximate surface area is 324 Å². The average Bonchev–Trinajstić information content (AvgIpc) is 3.73. The van der Waals surface area contributed by atoms with Gasteiger partial charge in [0.05, 0.1) is 11.4 Å². The molecular weight excluding hydrogens is 681 g/mol. The first-order chi connectivity index (χ1) is 27.8. The molecule has 3 nitrogen and oxygen atoms in total. The summed E-state index contributed by atoms with van der Waals surface area (Å²) in [6, 6.07) is 73.6. The number of para-hydroxylation sites is 1. The number of hydrogen-bond donors (Lipinski definition) is 0. The van der Waals surface area contributed by atoms with Crippen molar-refractivity contribution in [2.24, 2.45) is 0 Å².